The molecule has 2 amide bonds. The van der Waals surface area contributed by atoms with Crippen molar-refractivity contribution in [3.63, 3.8) is 0 Å². The summed E-state index contributed by atoms with van der Waals surface area (Å²) in [7, 11) is 0. The fourth-order valence-corrected chi connectivity index (χ4v) is 2.71. The Morgan fingerprint density at radius 1 is 1.25 bits per heavy atom. The molecule has 1 aliphatic heterocycles. The topological polar surface area (TPSA) is 61.4 Å². The van der Waals surface area contributed by atoms with E-state index in [2.05, 4.69) is 31.4 Å². The van der Waals surface area contributed by atoms with E-state index in [1.807, 2.05) is 4.90 Å². The second-order valence-corrected chi connectivity index (χ2v) is 5.46. The molecule has 0 aromatic rings. The van der Waals surface area contributed by atoms with Crippen LogP contribution in [0.3, 0.4) is 0 Å². The minimum Gasteiger partial charge on any atom is -0.355 e. The summed E-state index contributed by atoms with van der Waals surface area (Å²) in [6.45, 7) is 9.27. The van der Waals surface area contributed by atoms with Gasteiger partial charge in [0.25, 0.3) is 0 Å². The van der Waals surface area contributed by atoms with Crippen LogP contribution >= 0.6 is 0 Å². The van der Waals surface area contributed by atoms with Crippen molar-refractivity contribution < 1.29 is 9.59 Å². The Balaban J connectivity index is 2.34. The summed E-state index contributed by atoms with van der Waals surface area (Å²) in [4.78, 5) is 25.9. The molecule has 0 radical (unpaired) electrons. The summed E-state index contributed by atoms with van der Waals surface area (Å²) in [6, 6.07) is 0.284. The number of amides is 2. The first-order valence-corrected chi connectivity index (χ1v) is 7.91. The SMILES string of the molecule is CCCNCCNC(=O)C1CC(=O)N(C(CC)CC)C1. The van der Waals surface area contributed by atoms with Gasteiger partial charge in [0.1, 0.15) is 0 Å². The van der Waals surface area contributed by atoms with E-state index < -0.39 is 0 Å². The molecule has 5 heteroatoms. The van der Waals surface area contributed by atoms with Crippen LogP contribution in [-0.4, -0.2) is 48.9 Å². The molecule has 116 valence electrons. The predicted octanol–water partition coefficient (Wildman–Crippen LogP) is 1.14. The van der Waals surface area contributed by atoms with Crippen LogP contribution in [0.1, 0.15) is 46.5 Å². The summed E-state index contributed by atoms with van der Waals surface area (Å²) in [6.07, 6.45) is 3.37. The first-order chi connectivity index (χ1) is 9.63. The van der Waals surface area contributed by atoms with Gasteiger partial charge >= 0.3 is 0 Å². The summed E-state index contributed by atoms with van der Waals surface area (Å²) in [5.41, 5.74) is 0. The maximum Gasteiger partial charge on any atom is 0.225 e. The highest BCUT2D eigenvalue weighted by Crippen LogP contribution is 2.22. The van der Waals surface area contributed by atoms with Crippen LogP contribution in [0.5, 0.6) is 0 Å². The Kier molecular flexibility index (Phi) is 7.59. The van der Waals surface area contributed by atoms with Crippen molar-refractivity contribution >= 4 is 11.8 Å². The lowest BCUT2D eigenvalue weighted by Gasteiger charge is -2.26. The lowest BCUT2D eigenvalue weighted by molar-refractivity contribution is -0.130. The number of carbonyl (C=O) groups excluding carboxylic acids is 2. The van der Waals surface area contributed by atoms with Crippen molar-refractivity contribution in [1.29, 1.82) is 0 Å². The van der Waals surface area contributed by atoms with E-state index in [-0.39, 0.29) is 23.8 Å². The molecule has 0 aliphatic carbocycles. The van der Waals surface area contributed by atoms with Crippen molar-refractivity contribution in [2.24, 2.45) is 5.92 Å². The van der Waals surface area contributed by atoms with Gasteiger partial charge in [-0.3, -0.25) is 9.59 Å². The zero-order chi connectivity index (χ0) is 15.0. The minimum absolute atomic E-state index is 0.0186. The molecular weight excluding hydrogens is 254 g/mol. The van der Waals surface area contributed by atoms with Gasteiger partial charge in [-0.2, -0.15) is 0 Å². The average Bonchev–Trinajstić information content (AvgIpc) is 2.82. The molecule has 1 rings (SSSR count). The normalized spacial score (nSPS) is 18.9. The maximum absolute atomic E-state index is 12.1. The van der Waals surface area contributed by atoms with Gasteiger partial charge in [0.2, 0.25) is 11.8 Å². The third-order valence-corrected chi connectivity index (χ3v) is 3.94. The molecule has 1 aliphatic rings. The molecule has 1 fully saturated rings. The zero-order valence-electron chi connectivity index (χ0n) is 13.1. The van der Waals surface area contributed by atoms with Crippen LogP contribution in [-0.2, 0) is 9.59 Å². The molecule has 5 nitrogen and oxygen atoms in total. The van der Waals surface area contributed by atoms with Crippen LogP contribution in [0.25, 0.3) is 0 Å². The van der Waals surface area contributed by atoms with Crippen molar-refractivity contribution in [3.8, 4) is 0 Å². The van der Waals surface area contributed by atoms with Gasteiger partial charge in [0.15, 0.2) is 0 Å². The predicted molar refractivity (Wildman–Crippen MR) is 80.4 cm³/mol. The second kappa shape index (κ2) is 8.95. The molecule has 1 unspecified atom stereocenters. The molecule has 0 aromatic carbocycles. The monoisotopic (exact) mass is 283 g/mol. The molecule has 1 heterocycles. The Morgan fingerprint density at radius 2 is 1.95 bits per heavy atom. The number of nitrogens with zero attached hydrogens (tertiary/aromatic N) is 1. The number of likely N-dealkylation sites (tertiary alicyclic amines) is 1. The largest absolute Gasteiger partial charge is 0.355 e. The summed E-state index contributed by atoms with van der Waals surface area (Å²) < 4.78 is 0. The standard InChI is InChI=1S/C15H29N3O2/c1-4-7-16-8-9-17-15(20)12-10-14(19)18(11-12)13(5-2)6-3/h12-13,16H,4-11H2,1-3H3,(H,17,20). The molecule has 1 atom stereocenters. The quantitative estimate of drug-likeness (QED) is 0.624. The smallest absolute Gasteiger partial charge is 0.225 e. The first kappa shape index (κ1) is 17.0. The van der Waals surface area contributed by atoms with E-state index in [0.29, 0.717) is 19.5 Å². The molecule has 1 saturated heterocycles. The van der Waals surface area contributed by atoms with Gasteiger partial charge in [0.05, 0.1) is 5.92 Å². The van der Waals surface area contributed by atoms with Crippen LogP contribution in [0, 0.1) is 5.92 Å². The highest BCUT2D eigenvalue weighted by Gasteiger charge is 2.36. The Labute approximate surface area is 122 Å². The van der Waals surface area contributed by atoms with E-state index in [1.54, 1.807) is 0 Å². The Bertz CT molecular complexity index is 316. The minimum atomic E-state index is -0.172. The third-order valence-electron chi connectivity index (χ3n) is 3.94. The van der Waals surface area contributed by atoms with Crippen molar-refractivity contribution in [2.75, 3.05) is 26.2 Å². The van der Waals surface area contributed by atoms with Crippen molar-refractivity contribution in [2.45, 2.75) is 52.5 Å². The lowest BCUT2D eigenvalue weighted by atomic mass is 10.1. The molecule has 2 N–H and O–H groups in total. The van der Waals surface area contributed by atoms with Gasteiger partial charge in [-0.1, -0.05) is 20.8 Å². The van der Waals surface area contributed by atoms with E-state index in [4.69, 9.17) is 0 Å². The second-order valence-electron chi connectivity index (χ2n) is 5.46. The summed E-state index contributed by atoms with van der Waals surface area (Å²) in [5, 5.41) is 6.16. The van der Waals surface area contributed by atoms with Gasteiger partial charge in [-0.15, -0.1) is 0 Å². The molecule has 20 heavy (non-hydrogen) atoms. The van der Waals surface area contributed by atoms with Crippen LogP contribution < -0.4 is 10.6 Å². The van der Waals surface area contributed by atoms with E-state index >= 15 is 0 Å². The third kappa shape index (κ3) is 4.78. The van der Waals surface area contributed by atoms with E-state index in [0.717, 1.165) is 32.4 Å². The highest BCUT2D eigenvalue weighted by atomic mass is 16.2. The Hall–Kier alpha value is -1.10. The molecule has 0 spiro atoms. The van der Waals surface area contributed by atoms with E-state index in [1.165, 1.54) is 0 Å². The van der Waals surface area contributed by atoms with Gasteiger partial charge in [0, 0.05) is 32.1 Å². The van der Waals surface area contributed by atoms with Gasteiger partial charge < -0.3 is 15.5 Å². The fraction of sp³-hybridized carbons (Fsp3) is 0.867. The van der Waals surface area contributed by atoms with E-state index in [9.17, 15) is 9.59 Å². The first-order valence-electron chi connectivity index (χ1n) is 7.91. The number of hydrogen-bond donors (Lipinski definition) is 2. The lowest BCUT2D eigenvalue weighted by Crippen LogP contribution is -2.39. The number of rotatable bonds is 9. The molecule has 0 saturated carbocycles. The van der Waals surface area contributed by atoms with Gasteiger partial charge in [-0.25, -0.2) is 0 Å². The van der Waals surface area contributed by atoms with Crippen LogP contribution in [0.4, 0.5) is 0 Å². The highest BCUT2D eigenvalue weighted by molar-refractivity contribution is 5.89. The average molecular weight is 283 g/mol. The number of carbonyl (C=O) groups is 2. The molecule has 0 bridgehead atoms. The van der Waals surface area contributed by atoms with Crippen molar-refractivity contribution in [1.82, 2.24) is 15.5 Å². The maximum atomic E-state index is 12.1. The summed E-state index contributed by atoms with van der Waals surface area (Å²) >= 11 is 0. The zero-order valence-corrected chi connectivity index (χ0v) is 13.1. The van der Waals surface area contributed by atoms with Crippen LogP contribution in [0.15, 0.2) is 0 Å². The number of hydrogen-bond acceptors (Lipinski definition) is 3. The molecule has 0 aromatic heterocycles. The molecular formula is C15H29N3O2. The van der Waals surface area contributed by atoms with Crippen LogP contribution in [0.2, 0.25) is 0 Å². The number of nitrogens with one attached hydrogen (secondary N) is 2. The Morgan fingerprint density at radius 3 is 2.55 bits per heavy atom. The fourth-order valence-electron chi connectivity index (χ4n) is 2.71. The summed E-state index contributed by atoms with van der Waals surface area (Å²) in [5.74, 6) is -0.0256. The van der Waals surface area contributed by atoms with Gasteiger partial charge in [-0.05, 0) is 25.8 Å². The van der Waals surface area contributed by atoms with Crippen molar-refractivity contribution in [3.05, 3.63) is 0 Å².